The van der Waals surface area contributed by atoms with Gasteiger partial charge in [0.1, 0.15) is 11.4 Å². The van der Waals surface area contributed by atoms with Crippen molar-refractivity contribution in [1.82, 2.24) is 0 Å². The monoisotopic (exact) mass is 350 g/mol. The van der Waals surface area contributed by atoms with E-state index in [-0.39, 0.29) is 11.7 Å². The van der Waals surface area contributed by atoms with E-state index >= 15 is 0 Å². The topological polar surface area (TPSA) is 64.4 Å². The summed E-state index contributed by atoms with van der Waals surface area (Å²) in [5.74, 6) is 0.574. The van der Waals surface area contributed by atoms with E-state index in [9.17, 15) is 10.1 Å². The van der Waals surface area contributed by atoms with E-state index in [0.29, 0.717) is 11.4 Å². The highest BCUT2D eigenvalue weighted by molar-refractivity contribution is 9.10. The van der Waals surface area contributed by atoms with Crippen molar-refractivity contribution < 1.29 is 9.66 Å². The fraction of sp³-hybridized carbons (Fsp3) is 0.200. The summed E-state index contributed by atoms with van der Waals surface area (Å²) in [6.07, 6.45) is 0. The summed E-state index contributed by atoms with van der Waals surface area (Å²) < 4.78 is 6.09. The summed E-state index contributed by atoms with van der Waals surface area (Å²) in [5.41, 5.74) is 1.49. The fourth-order valence-corrected chi connectivity index (χ4v) is 2.43. The first kappa shape index (κ1) is 15.3. The van der Waals surface area contributed by atoms with Gasteiger partial charge in [-0.1, -0.05) is 28.1 Å². The average molecular weight is 351 g/mol. The number of nitro benzene ring substituents is 1. The van der Waals surface area contributed by atoms with Gasteiger partial charge in [0, 0.05) is 22.6 Å². The smallest absolute Gasteiger partial charge is 0.292 e. The molecule has 5 nitrogen and oxygen atoms in total. The number of nitrogens with zero attached hydrogens (tertiary/aromatic N) is 1. The number of hydrogen-bond acceptors (Lipinski definition) is 4. The van der Waals surface area contributed by atoms with Crippen molar-refractivity contribution in [2.45, 2.75) is 13.0 Å². The van der Waals surface area contributed by atoms with Gasteiger partial charge < -0.3 is 10.1 Å². The lowest BCUT2D eigenvalue weighted by Crippen LogP contribution is -2.08. The molecule has 0 fully saturated rings. The van der Waals surface area contributed by atoms with Gasteiger partial charge in [-0.3, -0.25) is 10.1 Å². The molecule has 1 N–H and O–H groups in total. The third-order valence-electron chi connectivity index (χ3n) is 3.12. The average Bonchev–Trinajstić information content (AvgIpc) is 2.46. The Kier molecular flexibility index (Phi) is 4.80. The molecule has 0 aromatic heterocycles. The van der Waals surface area contributed by atoms with Crippen LogP contribution in [0, 0.1) is 10.1 Å². The van der Waals surface area contributed by atoms with Crippen molar-refractivity contribution >= 4 is 27.3 Å². The van der Waals surface area contributed by atoms with Gasteiger partial charge in [0.2, 0.25) is 0 Å². The summed E-state index contributed by atoms with van der Waals surface area (Å²) in [6.45, 7) is 1.95. The number of hydrogen-bond donors (Lipinski definition) is 1. The maximum Gasteiger partial charge on any atom is 0.292 e. The lowest BCUT2D eigenvalue weighted by Gasteiger charge is -2.16. The van der Waals surface area contributed by atoms with Crippen LogP contribution in [0.5, 0.6) is 5.75 Å². The first-order chi connectivity index (χ1) is 10.0. The minimum Gasteiger partial charge on any atom is -0.497 e. The van der Waals surface area contributed by atoms with Gasteiger partial charge in [0.05, 0.1) is 12.0 Å². The standard InChI is InChI=1S/C15H15BrN2O3/c1-10(11-4-3-5-12(16)8-11)17-14-9-13(21-2)6-7-15(14)18(19)20/h3-10,17H,1-2H3. The number of methoxy groups -OCH3 is 1. The molecular weight excluding hydrogens is 336 g/mol. The van der Waals surface area contributed by atoms with Crippen molar-refractivity contribution in [2.75, 3.05) is 12.4 Å². The van der Waals surface area contributed by atoms with Crippen LogP contribution >= 0.6 is 15.9 Å². The number of rotatable bonds is 5. The first-order valence-corrected chi connectivity index (χ1v) is 7.15. The van der Waals surface area contributed by atoms with Crippen molar-refractivity contribution in [3.05, 3.63) is 62.6 Å². The highest BCUT2D eigenvalue weighted by atomic mass is 79.9. The zero-order chi connectivity index (χ0) is 15.4. The molecule has 2 rings (SSSR count). The second-order valence-electron chi connectivity index (χ2n) is 4.56. The predicted molar refractivity (Wildman–Crippen MR) is 85.8 cm³/mol. The molecule has 2 aromatic rings. The van der Waals surface area contributed by atoms with Crippen LogP contribution in [0.3, 0.4) is 0 Å². The summed E-state index contributed by atoms with van der Waals surface area (Å²) >= 11 is 3.42. The summed E-state index contributed by atoms with van der Waals surface area (Å²) in [4.78, 5) is 10.7. The molecule has 0 radical (unpaired) electrons. The van der Waals surface area contributed by atoms with Gasteiger partial charge in [-0.25, -0.2) is 0 Å². The quantitative estimate of drug-likeness (QED) is 0.635. The van der Waals surface area contributed by atoms with Crippen LogP contribution in [0.1, 0.15) is 18.5 Å². The molecule has 1 unspecified atom stereocenters. The van der Waals surface area contributed by atoms with E-state index < -0.39 is 4.92 Å². The second kappa shape index (κ2) is 6.58. The number of benzene rings is 2. The Morgan fingerprint density at radius 1 is 1.29 bits per heavy atom. The number of nitrogens with one attached hydrogen (secondary N) is 1. The molecule has 0 saturated carbocycles. The van der Waals surface area contributed by atoms with Gasteiger partial charge in [-0.05, 0) is 30.7 Å². The summed E-state index contributed by atoms with van der Waals surface area (Å²) in [6, 6.07) is 12.4. The van der Waals surface area contributed by atoms with Crippen LogP contribution in [0.25, 0.3) is 0 Å². The second-order valence-corrected chi connectivity index (χ2v) is 5.48. The Labute approximate surface area is 131 Å². The van der Waals surface area contributed by atoms with E-state index in [1.165, 1.54) is 13.2 Å². The molecule has 0 bridgehead atoms. The molecule has 21 heavy (non-hydrogen) atoms. The summed E-state index contributed by atoms with van der Waals surface area (Å²) in [5, 5.41) is 14.3. The molecule has 110 valence electrons. The molecular formula is C15H15BrN2O3. The largest absolute Gasteiger partial charge is 0.497 e. The van der Waals surface area contributed by atoms with Crippen LogP contribution < -0.4 is 10.1 Å². The van der Waals surface area contributed by atoms with E-state index in [1.807, 2.05) is 31.2 Å². The molecule has 6 heteroatoms. The Balaban J connectivity index is 2.31. The highest BCUT2D eigenvalue weighted by Gasteiger charge is 2.17. The molecule has 0 aliphatic heterocycles. The number of ether oxygens (including phenoxy) is 1. The zero-order valence-corrected chi connectivity index (χ0v) is 13.3. The fourth-order valence-electron chi connectivity index (χ4n) is 2.01. The molecule has 0 aliphatic carbocycles. The maximum atomic E-state index is 11.1. The van der Waals surface area contributed by atoms with Crippen LogP contribution in [-0.2, 0) is 0 Å². The van der Waals surface area contributed by atoms with E-state index in [4.69, 9.17) is 4.74 Å². The maximum absolute atomic E-state index is 11.1. The van der Waals surface area contributed by atoms with Gasteiger partial charge >= 0.3 is 0 Å². The Bertz CT molecular complexity index is 661. The Morgan fingerprint density at radius 2 is 2.05 bits per heavy atom. The van der Waals surface area contributed by atoms with Crippen molar-refractivity contribution in [2.24, 2.45) is 0 Å². The highest BCUT2D eigenvalue weighted by Crippen LogP contribution is 2.32. The molecule has 0 aliphatic rings. The van der Waals surface area contributed by atoms with Crippen LogP contribution in [-0.4, -0.2) is 12.0 Å². The van der Waals surface area contributed by atoms with E-state index in [0.717, 1.165) is 10.0 Å². The van der Waals surface area contributed by atoms with Crippen molar-refractivity contribution in [3.8, 4) is 5.75 Å². The number of nitro groups is 1. The van der Waals surface area contributed by atoms with Gasteiger partial charge in [0.25, 0.3) is 5.69 Å². The molecule has 0 amide bonds. The van der Waals surface area contributed by atoms with Gasteiger partial charge in [0.15, 0.2) is 0 Å². The van der Waals surface area contributed by atoms with E-state index in [1.54, 1.807) is 12.1 Å². The van der Waals surface area contributed by atoms with Crippen LogP contribution in [0.15, 0.2) is 46.9 Å². The minimum atomic E-state index is -0.407. The summed E-state index contributed by atoms with van der Waals surface area (Å²) in [7, 11) is 1.53. The third-order valence-corrected chi connectivity index (χ3v) is 3.61. The minimum absolute atomic E-state index is 0.0256. The lowest BCUT2D eigenvalue weighted by molar-refractivity contribution is -0.384. The lowest BCUT2D eigenvalue weighted by atomic mass is 10.1. The number of anilines is 1. The van der Waals surface area contributed by atoms with Gasteiger partial charge in [-0.15, -0.1) is 0 Å². The molecule has 1 atom stereocenters. The SMILES string of the molecule is COc1ccc([N+](=O)[O-])c(NC(C)c2cccc(Br)c2)c1. The molecule has 0 saturated heterocycles. The zero-order valence-electron chi connectivity index (χ0n) is 11.7. The first-order valence-electron chi connectivity index (χ1n) is 6.35. The molecule has 2 aromatic carbocycles. The van der Waals surface area contributed by atoms with Crippen molar-refractivity contribution in [1.29, 1.82) is 0 Å². The molecule has 0 spiro atoms. The van der Waals surface area contributed by atoms with E-state index in [2.05, 4.69) is 21.2 Å². The van der Waals surface area contributed by atoms with Crippen molar-refractivity contribution in [3.63, 3.8) is 0 Å². The van der Waals surface area contributed by atoms with Crippen LogP contribution in [0.2, 0.25) is 0 Å². The number of halogens is 1. The molecule has 0 heterocycles. The van der Waals surface area contributed by atoms with Crippen LogP contribution in [0.4, 0.5) is 11.4 Å². The Hall–Kier alpha value is -2.08. The Morgan fingerprint density at radius 3 is 2.67 bits per heavy atom. The predicted octanol–water partition coefficient (Wildman–Crippen LogP) is 4.54. The third kappa shape index (κ3) is 3.72. The van der Waals surface area contributed by atoms with Gasteiger partial charge in [-0.2, -0.15) is 0 Å². The normalized spacial score (nSPS) is 11.8.